The highest BCUT2D eigenvalue weighted by Crippen LogP contribution is 2.27. The van der Waals surface area contributed by atoms with Crippen molar-refractivity contribution in [1.29, 1.82) is 0 Å². The van der Waals surface area contributed by atoms with Crippen molar-refractivity contribution in [3.8, 4) is 16.3 Å². The first-order valence-electron chi connectivity index (χ1n) is 8.32. The van der Waals surface area contributed by atoms with Crippen LogP contribution in [0.25, 0.3) is 10.6 Å². The summed E-state index contributed by atoms with van der Waals surface area (Å²) in [6.45, 7) is 1.77. The molecule has 0 aliphatic rings. The Morgan fingerprint density at radius 1 is 1.04 bits per heavy atom. The Bertz CT molecular complexity index is 937. The predicted octanol–water partition coefficient (Wildman–Crippen LogP) is 3.13. The third-order valence-electron chi connectivity index (χ3n) is 3.86. The van der Waals surface area contributed by atoms with Crippen molar-refractivity contribution in [2.24, 2.45) is 0 Å². The molecule has 3 rings (SSSR count). The zero-order valence-corrected chi connectivity index (χ0v) is 15.8. The molecule has 7 heteroatoms. The summed E-state index contributed by atoms with van der Waals surface area (Å²) < 4.78 is 5.08. The topological polar surface area (TPSA) is 80.3 Å². The Morgan fingerprint density at radius 3 is 2.41 bits per heavy atom. The van der Waals surface area contributed by atoms with E-state index in [-0.39, 0.29) is 18.2 Å². The molecule has 2 amide bonds. The molecule has 0 saturated heterocycles. The molecule has 0 unspecified atom stereocenters. The summed E-state index contributed by atoms with van der Waals surface area (Å²) in [4.78, 5) is 29.3. The molecule has 0 aliphatic heterocycles. The van der Waals surface area contributed by atoms with Gasteiger partial charge in [0, 0.05) is 5.56 Å². The smallest absolute Gasteiger partial charge is 0.281 e. The van der Waals surface area contributed by atoms with E-state index in [1.165, 1.54) is 11.3 Å². The van der Waals surface area contributed by atoms with Gasteiger partial charge in [-0.05, 0) is 24.6 Å². The molecular formula is C20H19N3O3S. The van der Waals surface area contributed by atoms with Gasteiger partial charge in [0.1, 0.15) is 15.6 Å². The van der Waals surface area contributed by atoms with Crippen LogP contribution in [0.4, 0.5) is 0 Å². The van der Waals surface area contributed by atoms with Gasteiger partial charge >= 0.3 is 0 Å². The Morgan fingerprint density at radius 2 is 1.74 bits per heavy atom. The number of hydrogen-bond acceptors (Lipinski definition) is 5. The largest absolute Gasteiger partial charge is 0.497 e. The van der Waals surface area contributed by atoms with E-state index in [0.29, 0.717) is 10.6 Å². The number of hydrazine groups is 1. The number of benzene rings is 2. The van der Waals surface area contributed by atoms with Gasteiger partial charge in [-0.2, -0.15) is 0 Å². The number of hydrogen-bond donors (Lipinski definition) is 2. The second-order valence-electron chi connectivity index (χ2n) is 5.83. The van der Waals surface area contributed by atoms with Crippen molar-refractivity contribution in [2.45, 2.75) is 13.3 Å². The zero-order chi connectivity index (χ0) is 19.2. The number of aryl methyl sites for hydroxylation is 1. The number of nitrogens with one attached hydrogen (secondary N) is 2. The van der Waals surface area contributed by atoms with Crippen molar-refractivity contribution < 1.29 is 14.3 Å². The zero-order valence-electron chi connectivity index (χ0n) is 15.0. The SMILES string of the molecule is COc1ccc(CC(=O)NNC(=O)c2sc(-c3ccccc3)nc2C)cc1. The van der Waals surface area contributed by atoms with Gasteiger partial charge in [-0.15, -0.1) is 11.3 Å². The molecule has 6 nitrogen and oxygen atoms in total. The van der Waals surface area contributed by atoms with Gasteiger partial charge in [-0.1, -0.05) is 42.5 Å². The van der Waals surface area contributed by atoms with Crippen molar-refractivity contribution in [1.82, 2.24) is 15.8 Å². The third-order valence-corrected chi connectivity index (χ3v) is 5.07. The average Bonchev–Trinajstić information content (AvgIpc) is 3.09. The number of carbonyl (C=O) groups is 2. The van der Waals surface area contributed by atoms with Gasteiger partial charge in [0.15, 0.2) is 0 Å². The molecule has 0 atom stereocenters. The molecule has 27 heavy (non-hydrogen) atoms. The summed E-state index contributed by atoms with van der Waals surface area (Å²) in [5, 5.41) is 0.766. The van der Waals surface area contributed by atoms with Crippen LogP contribution in [-0.4, -0.2) is 23.9 Å². The molecule has 0 spiro atoms. The fraction of sp³-hybridized carbons (Fsp3) is 0.150. The summed E-state index contributed by atoms with van der Waals surface area (Å²) in [6.07, 6.45) is 0.154. The number of nitrogens with zero attached hydrogens (tertiary/aromatic N) is 1. The lowest BCUT2D eigenvalue weighted by Crippen LogP contribution is -2.42. The fourth-order valence-electron chi connectivity index (χ4n) is 2.47. The molecule has 0 radical (unpaired) electrons. The average molecular weight is 381 g/mol. The number of rotatable bonds is 5. The van der Waals surface area contributed by atoms with E-state index >= 15 is 0 Å². The number of ether oxygens (including phenoxy) is 1. The first-order chi connectivity index (χ1) is 13.1. The number of methoxy groups -OCH3 is 1. The Balaban J connectivity index is 1.59. The van der Waals surface area contributed by atoms with Crippen LogP contribution in [-0.2, 0) is 11.2 Å². The second kappa shape index (κ2) is 8.46. The molecule has 0 bridgehead atoms. The highest BCUT2D eigenvalue weighted by Gasteiger charge is 2.16. The number of thiazole rings is 1. The van der Waals surface area contributed by atoms with Crippen LogP contribution in [0.1, 0.15) is 20.9 Å². The van der Waals surface area contributed by atoms with E-state index < -0.39 is 0 Å². The van der Waals surface area contributed by atoms with Gasteiger partial charge in [-0.3, -0.25) is 20.4 Å². The molecular weight excluding hydrogens is 362 g/mol. The summed E-state index contributed by atoms with van der Waals surface area (Å²) >= 11 is 1.29. The van der Waals surface area contributed by atoms with E-state index in [1.807, 2.05) is 30.3 Å². The number of carbonyl (C=O) groups excluding carboxylic acids is 2. The van der Waals surface area contributed by atoms with Crippen molar-refractivity contribution in [3.63, 3.8) is 0 Å². The summed E-state index contributed by atoms with van der Waals surface area (Å²) in [5.74, 6) is 0.0385. The monoisotopic (exact) mass is 381 g/mol. The van der Waals surface area contributed by atoms with Crippen molar-refractivity contribution in [2.75, 3.05) is 7.11 Å². The lowest BCUT2D eigenvalue weighted by molar-refractivity contribution is -0.121. The minimum atomic E-state index is -0.379. The molecule has 1 heterocycles. The predicted molar refractivity (Wildman–Crippen MR) is 105 cm³/mol. The molecule has 0 aliphatic carbocycles. The highest BCUT2D eigenvalue weighted by atomic mass is 32.1. The molecule has 2 N–H and O–H groups in total. The first kappa shape index (κ1) is 18.6. The Kier molecular flexibility index (Phi) is 5.83. The van der Waals surface area contributed by atoms with Gasteiger partial charge in [0.25, 0.3) is 5.91 Å². The van der Waals surface area contributed by atoms with Crippen molar-refractivity contribution in [3.05, 3.63) is 70.7 Å². The third kappa shape index (κ3) is 4.71. The van der Waals surface area contributed by atoms with Gasteiger partial charge in [0.05, 0.1) is 19.2 Å². The van der Waals surface area contributed by atoms with Crippen LogP contribution in [0, 0.1) is 6.92 Å². The molecule has 0 fully saturated rings. The summed E-state index contributed by atoms with van der Waals surface area (Å²) in [7, 11) is 1.59. The highest BCUT2D eigenvalue weighted by molar-refractivity contribution is 7.17. The van der Waals surface area contributed by atoms with E-state index in [9.17, 15) is 9.59 Å². The van der Waals surface area contributed by atoms with E-state index in [0.717, 1.165) is 21.9 Å². The van der Waals surface area contributed by atoms with Crippen LogP contribution in [0.2, 0.25) is 0 Å². The first-order valence-corrected chi connectivity index (χ1v) is 9.13. The lowest BCUT2D eigenvalue weighted by Gasteiger charge is -2.07. The normalized spacial score (nSPS) is 10.3. The van der Waals surface area contributed by atoms with Crippen LogP contribution in [0.15, 0.2) is 54.6 Å². The van der Waals surface area contributed by atoms with Crippen LogP contribution in [0.3, 0.4) is 0 Å². The maximum absolute atomic E-state index is 12.4. The maximum Gasteiger partial charge on any atom is 0.281 e. The maximum atomic E-state index is 12.4. The van der Waals surface area contributed by atoms with E-state index in [1.54, 1.807) is 38.3 Å². The molecule has 2 aromatic carbocycles. The van der Waals surface area contributed by atoms with Crippen molar-refractivity contribution >= 4 is 23.2 Å². The number of amides is 2. The Hall–Kier alpha value is -3.19. The van der Waals surface area contributed by atoms with Crippen LogP contribution < -0.4 is 15.6 Å². The fourth-order valence-corrected chi connectivity index (χ4v) is 3.43. The minimum Gasteiger partial charge on any atom is -0.497 e. The number of aromatic nitrogens is 1. The van der Waals surface area contributed by atoms with Crippen LogP contribution >= 0.6 is 11.3 Å². The van der Waals surface area contributed by atoms with Gasteiger partial charge < -0.3 is 4.74 Å². The molecule has 0 saturated carbocycles. The van der Waals surface area contributed by atoms with Gasteiger partial charge in [0.2, 0.25) is 5.91 Å². The summed E-state index contributed by atoms with van der Waals surface area (Å²) in [5.41, 5.74) is 7.30. The second-order valence-corrected chi connectivity index (χ2v) is 6.83. The quantitative estimate of drug-likeness (QED) is 0.666. The van der Waals surface area contributed by atoms with E-state index in [2.05, 4.69) is 15.8 Å². The molecule has 3 aromatic rings. The van der Waals surface area contributed by atoms with Gasteiger partial charge in [-0.25, -0.2) is 4.98 Å². The van der Waals surface area contributed by atoms with Crippen LogP contribution in [0.5, 0.6) is 5.75 Å². The molecule has 1 aromatic heterocycles. The lowest BCUT2D eigenvalue weighted by atomic mass is 10.1. The standard InChI is InChI=1S/C20H19N3O3S/c1-13-18(27-20(21-13)15-6-4-3-5-7-15)19(25)23-22-17(24)12-14-8-10-16(26-2)11-9-14/h3-11H,12H2,1-2H3,(H,22,24)(H,23,25). The molecule has 138 valence electrons. The summed E-state index contributed by atoms with van der Waals surface area (Å²) in [6, 6.07) is 16.8. The van der Waals surface area contributed by atoms with E-state index in [4.69, 9.17) is 4.74 Å². The Labute approximate surface area is 161 Å². The minimum absolute atomic E-state index is 0.154.